The molecule has 0 aliphatic rings. The first-order chi connectivity index (χ1) is 6.20. The third kappa shape index (κ3) is 2.12. The number of nitrogens with two attached hydrogens (primary N) is 1. The van der Waals surface area contributed by atoms with Crippen molar-refractivity contribution in [1.82, 2.24) is 0 Å². The van der Waals surface area contributed by atoms with Gasteiger partial charge in [-0.2, -0.15) is 0 Å². The summed E-state index contributed by atoms with van der Waals surface area (Å²) in [6.07, 6.45) is 0. The minimum absolute atomic E-state index is 0.132. The molecular formula is C9H12ClNO2. The molecule has 0 unspecified atom stereocenters. The van der Waals surface area contributed by atoms with Gasteiger partial charge in [0.05, 0.1) is 24.8 Å². The van der Waals surface area contributed by atoms with Crippen LogP contribution in [0.1, 0.15) is 11.6 Å². The largest absolute Gasteiger partial charge is 0.495 e. The van der Waals surface area contributed by atoms with Crippen LogP contribution in [-0.4, -0.2) is 18.8 Å². The minimum atomic E-state index is -0.456. The van der Waals surface area contributed by atoms with Crippen molar-refractivity contribution in [2.75, 3.05) is 13.7 Å². The van der Waals surface area contributed by atoms with Crippen LogP contribution < -0.4 is 10.5 Å². The fourth-order valence-electron chi connectivity index (χ4n) is 1.07. The van der Waals surface area contributed by atoms with Crippen LogP contribution in [0.3, 0.4) is 0 Å². The molecule has 0 aromatic heterocycles. The highest BCUT2D eigenvalue weighted by Crippen LogP contribution is 2.30. The predicted octanol–water partition coefficient (Wildman–Crippen LogP) is 1.34. The summed E-state index contributed by atoms with van der Waals surface area (Å²) in [5, 5.41) is 9.32. The first kappa shape index (κ1) is 10.3. The molecule has 0 aliphatic heterocycles. The Morgan fingerprint density at radius 2 is 2.31 bits per heavy atom. The van der Waals surface area contributed by atoms with Gasteiger partial charge in [0.15, 0.2) is 0 Å². The highest BCUT2D eigenvalue weighted by Gasteiger charge is 2.11. The van der Waals surface area contributed by atoms with Crippen LogP contribution in [0.2, 0.25) is 5.02 Å². The quantitative estimate of drug-likeness (QED) is 0.776. The van der Waals surface area contributed by atoms with E-state index in [1.54, 1.807) is 18.2 Å². The van der Waals surface area contributed by atoms with Gasteiger partial charge in [-0.1, -0.05) is 23.7 Å². The average Bonchev–Trinajstić information content (AvgIpc) is 2.17. The maximum Gasteiger partial charge on any atom is 0.137 e. The zero-order valence-electron chi connectivity index (χ0n) is 7.33. The van der Waals surface area contributed by atoms with Gasteiger partial charge in [-0.25, -0.2) is 0 Å². The smallest absolute Gasteiger partial charge is 0.137 e. The van der Waals surface area contributed by atoms with Gasteiger partial charge in [-0.3, -0.25) is 0 Å². The second-order valence-electron chi connectivity index (χ2n) is 2.65. The van der Waals surface area contributed by atoms with E-state index in [1.165, 1.54) is 7.11 Å². The molecule has 0 heterocycles. The molecule has 0 saturated carbocycles. The summed E-state index contributed by atoms with van der Waals surface area (Å²) in [5.74, 6) is 0.572. The Morgan fingerprint density at radius 3 is 2.85 bits per heavy atom. The third-order valence-electron chi connectivity index (χ3n) is 1.81. The molecule has 0 radical (unpaired) electrons. The standard InChI is InChI=1S/C9H12ClNO2/c1-13-8-4-2-3-6(9(8)10)7(11)5-12/h2-4,7,12H,5,11H2,1H3/t7-/m1/s1. The molecule has 0 bridgehead atoms. The molecule has 1 atom stereocenters. The van der Waals surface area contributed by atoms with Crippen molar-refractivity contribution >= 4 is 11.6 Å². The van der Waals surface area contributed by atoms with Crippen LogP contribution in [0.4, 0.5) is 0 Å². The first-order valence-electron chi connectivity index (χ1n) is 3.89. The van der Waals surface area contributed by atoms with E-state index in [1.807, 2.05) is 0 Å². The van der Waals surface area contributed by atoms with Gasteiger partial charge in [-0.05, 0) is 11.6 Å². The van der Waals surface area contributed by atoms with E-state index in [-0.39, 0.29) is 6.61 Å². The average molecular weight is 202 g/mol. The number of rotatable bonds is 3. The third-order valence-corrected chi connectivity index (χ3v) is 2.21. The lowest BCUT2D eigenvalue weighted by molar-refractivity contribution is 0.267. The molecule has 0 amide bonds. The molecule has 3 N–H and O–H groups in total. The lowest BCUT2D eigenvalue weighted by Gasteiger charge is -2.12. The van der Waals surface area contributed by atoms with Crippen LogP contribution in [-0.2, 0) is 0 Å². The highest BCUT2D eigenvalue weighted by atomic mass is 35.5. The molecule has 3 nitrogen and oxygen atoms in total. The fourth-order valence-corrected chi connectivity index (χ4v) is 1.41. The summed E-state index contributed by atoms with van der Waals surface area (Å²) in [6, 6.07) is 4.85. The molecule has 1 aromatic carbocycles. The summed E-state index contributed by atoms with van der Waals surface area (Å²) in [6.45, 7) is -0.132. The molecule has 0 saturated heterocycles. The lowest BCUT2D eigenvalue weighted by Crippen LogP contribution is -2.15. The number of ether oxygens (including phenoxy) is 1. The summed E-state index contributed by atoms with van der Waals surface area (Å²) >= 11 is 5.97. The molecule has 72 valence electrons. The Bertz CT molecular complexity index is 291. The van der Waals surface area contributed by atoms with Crippen molar-refractivity contribution in [2.45, 2.75) is 6.04 Å². The van der Waals surface area contributed by atoms with E-state index in [0.29, 0.717) is 16.3 Å². The molecule has 0 aliphatic carbocycles. The molecule has 0 fully saturated rings. The molecule has 13 heavy (non-hydrogen) atoms. The van der Waals surface area contributed by atoms with Crippen LogP contribution in [0.15, 0.2) is 18.2 Å². The molecule has 4 heteroatoms. The first-order valence-corrected chi connectivity index (χ1v) is 4.27. The van der Waals surface area contributed by atoms with E-state index in [0.717, 1.165) is 0 Å². The second kappa shape index (κ2) is 4.46. The lowest BCUT2D eigenvalue weighted by atomic mass is 10.1. The maximum absolute atomic E-state index is 8.85. The van der Waals surface area contributed by atoms with Crippen molar-refractivity contribution in [3.63, 3.8) is 0 Å². The van der Waals surface area contributed by atoms with Gasteiger partial charge < -0.3 is 15.6 Å². The summed E-state index contributed by atoms with van der Waals surface area (Å²) < 4.78 is 5.01. The number of hydrogen-bond acceptors (Lipinski definition) is 3. The number of aliphatic hydroxyl groups excluding tert-OH is 1. The Labute approximate surface area is 82.1 Å². The van der Waals surface area contributed by atoms with Crippen LogP contribution >= 0.6 is 11.6 Å². The normalized spacial score (nSPS) is 12.6. The van der Waals surface area contributed by atoms with Crippen molar-refractivity contribution in [1.29, 1.82) is 0 Å². The van der Waals surface area contributed by atoms with E-state index in [4.69, 9.17) is 27.2 Å². The van der Waals surface area contributed by atoms with Crippen LogP contribution in [0.25, 0.3) is 0 Å². The Balaban J connectivity index is 3.08. The van der Waals surface area contributed by atoms with Gasteiger partial charge in [0, 0.05) is 0 Å². The van der Waals surface area contributed by atoms with Gasteiger partial charge in [-0.15, -0.1) is 0 Å². The Morgan fingerprint density at radius 1 is 1.62 bits per heavy atom. The van der Waals surface area contributed by atoms with Crippen molar-refractivity contribution in [3.8, 4) is 5.75 Å². The topological polar surface area (TPSA) is 55.5 Å². The number of methoxy groups -OCH3 is 1. The van der Waals surface area contributed by atoms with Crippen molar-refractivity contribution in [3.05, 3.63) is 28.8 Å². The number of benzene rings is 1. The Kier molecular flexibility index (Phi) is 3.54. The molecule has 1 rings (SSSR count). The fraction of sp³-hybridized carbons (Fsp3) is 0.333. The second-order valence-corrected chi connectivity index (χ2v) is 3.03. The predicted molar refractivity (Wildman–Crippen MR) is 52.0 cm³/mol. The van der Waals surface area contributed by atoms with E-state index < -0.39 is 6.04 Å². The number of hydrogen-bond donors (Lipinski definition) is 2. The van der Waals surface area contributed by atoms with E-state index in [9.17, 15) is 0 Å². The minimum Gasteiger partial charge on any atom is -0.495 e. The highest BCUT2D eigenvalue weighted by molar-refractivity contribution is 6.32. The van der Waals surface area contributed by atoms with Crippen LogP contribution in [0.5, 0.6) is 5.75 Å². The maximum atomic E-state index is 8.85. The van der Waals surface area contributed by atoms with Crippen LogP contribution in [0, 0.1) is 0 Å². The SMILES string of the molecule is COc1cccc([C@H](N)CO)c1Cl. The summed E-state index contributed by atoms with van der Waals surface area (Å²) in [7, 11) is 1.54. The molecule has 0 spiro atoms. The zero-order chi connectivity index (χ0) is 9.84. The Hall–Kier alpha value is -0.770. The monoisotopic (exact) mass is 201 g/mol. The number of aliphatic hydroxyl groups is 1. The molecular weight excluding hydrogens is 190 g/mol. The van der Waals surface area contributed by atoms with Gasteiger partial charge in [0.1, 0.15) is 5.75 Å². The van der Waals surface area contributed by atoms with Gasteiger partial charge in [0.2, 0.25) is 0 Å². The van der Waals surface area contributed by atoms with E-state index in [2.05, 4.69) is 0 Å². The summed E-state index contributed by atoms with van der Waals surface area (Å²) in [5.41, 5.74) is 6.33. The molecule has 1 aromatic rings. The van der Waals surface area contributed by atoms with Crippen molar-refractivity contribution in [2.24, 2.45) is 5.73 Å². The number of halogens is 1. The van der Waals surface area contributed by atoms with Gasteiger partial charge >= 0.3 is 0 Å². The summed E-state index contributed by atoms with van der Waals surface area (Å²) in [4.78, 5) is 0. The zero-order valence-corrected chi connectivity index (χ0v) is 8.08. The van der Waals surface area contributed by atoms with E-state index >= 15 is 0 Å². The van der Waals surface area contributed by atoms with Crippen molar-refractivity contribution < 1.29 is 9.84 Å². The van der Waals surface area contributed by atoms with Gasteiger partial charge in [0.25, 0.3) is 0 Å².